The normalized spacial score (nSPS) is 15.6. The van der Waals surface area contributed by atoms with E-state index in [9.17, 15) is 4.79 Å². The van der Waals surface area contributed by atoms with Crippen molar-refractivity contribution < 1.29 is 14.3 Å². The van der Waals surface area contributed by atoms with Crippen LogP contribution >= 0.6 is 0 Å². The van der Waals surface area contributed by atoms with Crippen molar-refractivity contribution in [3.05, 3.63) is 59.3 Å². The van der Waals surface area contributed by atoms with Crippen LogP contribution in [0.4, 0.5) is 0 Å². The molecule has 4 rings (SSSR count). The van der Waals surface area contributed by atoms with E-state index in [2.05, 4.69) is 36.3 Å². The molecule has 1 aromatic heterocycles. The summed E-state index contributed by atoms with van der Waals surface area (Å²) in [6.07, 6.45) is 5.40. The van der Waals surface area contributed by atoms with E-state index in [4.69, 9.17) is 15.2 Å². The molecule has 0 fully saturated rings. The Labute approximate surface area is 183 Å². The molecule has 1 atom stereocenters. The van der Waals surface area contributed by atoms with E-state index in [1.165, 1.54) is 10.9 Å². The van der Waals surface area contributed by atoms with Gasteiger partial charge in [0.25, 0.3) is 5.91 Å². The van der Waals surface area contributed by atoms with Crippen LogP contribution in [0.5, 0.6) is 11.5 Å². The molecule has 3 N–H and O–H groups in total. The van der Waals surface area contributed by atoms with Crippen LogP contribution in [0.2, 0.25) is 0 Å². The van der Waals surface area contributed by atoms with Crippen molar-refractivity contribution in [2.24, 2.45) is 5.73 Å². The number of hydrogen-bond donors (Lipinski definition) is 2. The number of para-hydroxylation sites is 1. The molecular weight excluding hydrogens is 390 g/mol. The topological polar surface area (TPSA) is 80.6 Å². The van der Waals surface area contributed by atoms with Gasteiger partial charge in [-0.2, -0.15) is 0 Å². The van der Waals surface area contributed by atoms with E-state index in [1.807, 2.05) is 17.0 Å². The fourth-order valence-electron chi connectivity index (χ4n) is 4.34. The van der Waals surface area contributed by atoms with E-state index in [0.717, 1.165) is 36.8 Å². The number of carbonyl (C=O) groups excluding carboxylic acids is 1. The summed E-state index contributed by atoms with van der Waals surface area (Å²) in [6.45, 7) is 3.42. The van der Waals surface area contributed by atoms with Gasteiger partial charge in [-0.1, -0.05) is 18.2 Å². The minimum atomic E-state index is -0.351. The predicted molar refractivity (Wildman–Crippen MR) is 123 cm³/mol. The maximum atomic E-state index is 13.1. The largest absolute Gasteiger partial charge is 0.493 e. The number of methoxy groups -OCH3 is 2. The Balaban J connectivity index is 1.39. The Bertz CT molecular complexity index is 1090. The molecule has 1 amide bonds. The molecule has 2 aromatic carbocycles. The second-order valence-electron chi connectivity index (χ2n) is 8.67. The Kier molecular flexibility index (Phi) is 5.92. The lowest BCUT2D eigenvalue weighted by Crippen LogP contribution is -2.44. The van der Waals surface area contributed by atoms with Crippen LogP contribution in [0.1, 0.15) is 41.3 Å². The van der Waals surface area contributed by atoms with E-state index in [0.29, 0.717) is 30.2 Å². The van der Waals surface area contributed by atoms with Gasteiger partial charge in [-0.15, -0.1) is 0 Å². The average molecular weight is 422 g/mol. The van der Waals surface area contributed by atoms with Gasteiger partial charge in [0.1, 0.15) is 0 Å². The Morgan fingerprint density at radius 2 is 1.87 bits per heavy atom. The van der Waals surface area contributed by atoms with Crippen molar-refractivity contribution in [3.63, 3.8) is 0 Å². The van der Waals surface area contributed by atoms with Gasteiger partial charge >= 0.3 is 0 Å². The van der Waals surface area contributed by atoms with Crippen LogP contribution in [0.3, 0.4) is 0 Å². The lowest BCUT2D eigenvalue weighted by molar-refractivity contribution is 0.0726. The van der Waals surface area contributed by atoms with Crippen LogP contribution in [0, 0.1) is 0 Å². The highest BCUT2D eigenvalue weighted by atomic mass is 16.5. The summed E-state index contributed by atoms with van der Waals surface area (Å²) in [7, 11) is 3.20. The summed E-state index contributed by atoms with van der Waals surface area (Å²) in [6, 6.07) is 12.0. The summed E-state index contributed by atoms with van der Waals surface area (Å²) in [5, 5.41) is 1.26. The summed E-state index contributed by atoms with van der Waals surface area (Å²) in [5.41, 5.74) is 10.4. The minimum Gasteiger partial charge on any atom is -0.493 e. The molecule has 0 saturated carbocycles. The Morgan fingerprint density at radius 1 is 1.13 bits per heavy atom. The number of nitrogens with one attached hydrogen (secondary N) is 1. The first kappa shape index (κ1) is 21.2. The maximum absolute atomic E-state index is 13.1. The molecule has 1 unspecified atom stereocenters. The SMILES string of the molecule is COc1cc2c(cc1OC)C(=O)N(CCC(C)(N)CCc1c[nH]c3ccccc13)CC2. The number of nitrogens with zero attached hydrogens (tertiary/aromatic N) is 1. The summed E-state index contributed by atoms with van der Waals surface area (Å²) in [5.74, 6) is 1.28. The van der Waals surface area contributed by atoms with Crippen molar-refractivity contribution in [3.8, 4) is 11.5 Å². The molecule has 0 saturated heterocycles. The first-order chi connectivity index (χ1) is 14.9. The van der Waals surface area contributed by atoms with Gasteiger partial charge in [0.2, 0.25) is 0 Å². The zero-order chi connectivity index (χ0) is 22.0. The third-order valence-corrected chi connectivity index (χ3v) is 6.37. The van der Waals surface area contributed by atoms with Crippen molar-refractivity contribution in [2.75, 3.05) is 27.3 Å². The average Bonchev–Trinajstić information content (AvgIpc) is 3.20. The number of nitrogens with two attached hydrogens (primary N) is 1. The van der Waals surface area contributed by atoms with Crippen LogP contribution < -0.4 is 15.2 Å². The smallest absolute Gasteiger partial charge is 0.254 e. The number of benzene rings is 2. The summed E-state index contributed by atoms with van der Waals surface area (Å²) in [4.78, 5) is 18.3. The minimum absolute atomic E-state index is 0.0367. The lowest BCUT2D eigenvalue weighted by atomic mass is 9.90. The van der Waals surface area contributed by atoms with Gasteiger partial charge in [-0.25, -0.2) is 0 Å². The Hall–Kier alpha value is -2.99. The first-order valence-corrected chi connectivity index (χ1v) is 10.8. The second kappa shape index (κ2) is 8.63. The van der Waals surface area contributed by atoms with E-state index < -0.39 is 0 Å². The van der Waals surface area contributed by atoms with Gasteiger partial charge in [0, 0.05) is 41.3 Å². The van der Waals surface area contributed by atoms with E-state index >= 15 is 0 Å². The first-order valence-electron chi connectivity index (χ1n) is 10.8. The second-order valence-corrected chi connectivity index (χ2v) is 8.67. The predicted octanol–water partition coefficient (Wildman–Crippen LogP) is 3.92. The lowest BCUT2D eigenvalue weighted by Gasteiger charge is -2.33. The molecule has 0 aliphatic carbocycles. The van der Waals surface area contributed by atoms with Gasteiger partial charge in [0.15, 0.2) is 11.5 Å². The molecule has 1 aliphatic rings. The molecule has 6 nitrogen and oxygen atoms in total. The molecule has 1 aliphatic heterocycles. The standard InChI is InChI=1S/C25H31N3O3/c1-25(26,10-8-18-16-27-21-7-5-4-6-19(18)21)11-13-28-12-9-17-14-22(30-2)23(31-3)15-20(17)24(28)29/h4-7,14-16,27H,8-13,26H2,1-3H3. The van der Waals surface area contributed by atoms with E-state index in [-0.39, 0.29) is 11.4 Å². The number of ether oxygens (including phenoxy) is 2. The number of H-pyrrole nitrogens is 1. The van der Waals surface area contributed by atoms with Gasteiger partial charge in [0.05, 0.1) is 14.2 Å². The quantitative estimate of drug-likeness (QED) is 0.578. The zero-order valence-corrected chi connectivity index (χ0v) is 18.5. The van der Waals surface area contributed by atoms with Crippen molar-refractivity contribution >= 4 is 16.8 Å². The van der Waals surface area contributed by atoms with Crippen LogP contribution in [0.15, 0.2) is 42.6 Å². The third-order valence-electron chi connectivity index (χ3n) is 6.37. The number of aryl methyl sites for hydroxylation is 1. The number of carbonyl (C=O) groups is 1. The number of rotatable bonds is 8. The molecule has 0 radical (unpaired) electrons. The number of aromatic nitrogens is 1. The molecule has 0 bridgehead atoms. The van der Waals surface area contributed by atoms with Gasteiger partial charge in [-0.3, -0.25) is 4.79 Å². The zero-order valence-electron chi connectivity index (χ0n) is 18.5. The highest BCUT2D eigenvalue weighted by Crippen LogP contribution is 2.33. The van der Waals surface area contributed by atoms with Gasteiger partial charge < -0.3 is 25.1 Å². The molecule has 164 valence electrons. The van der Waals surface area contributed by atoms with Crippen LogP contribution in [-0.4, -0.2) is 48.6 Å². The number of hydrogen-bond acceptors (Lipinski definition) is 4. The summed E-state index contributed by atoms with van der Waals surface area (Å²) >= 11 is 0. The van der Waals surface area contributed by atoms with Crippen molar-refractivity contribution in [2.45, 2.75) is 38.1 Å². The fourth-order valence-corrected chi connectivity index (χ4v) is 4.34. The monoisotopic (exact) mass is 421 g/mol. The highest BCUT2D eigenvalue weighted by molar-refractivity contribution is 5.97. The molecule has 31 heavy (non-hydrogen) atoms. The van der Waals surface area contributed by atoms with Crippen LogP contribution in [-0.2, 0) is 12.8 Å². The number of fused-ring (bicyclic) bond motifs is 2. The van der Waals surface area contributed by atoms with Gasteiger partial charge in [-0.05, 0) is 61.9 Å². The van der Waals surface area contributed by atoms with Crippen molar-refractivity contribution in [1.29, 1.82) is 0 Å². The summed E-state index contributed by atoms with van der Waals surface area (Å²) < 4.78 is 10.8. The number of aromatic amines is 1. The van der Waals surface area contributed by atoms with Crippen LogP contribution in [0.25, 0.3) is 10.9 Å². The fraction of sp³-hybridized carbons (Fsp3) is 0.400. The number of amides is 1. The molecule has 6 heteroatoms. The molecular formula is C25H31N3O3. The van der Waals surface area contributed by atoms with E-state index in [1.54, 1.807) is 20.3 Å². The molecule has 0 spiro atoms. The third kappa shape index (κ3) is 4.39. The molecule has 2 heterocycles. The maximum Gasteiger partial charge on any atom is 0.254 e. The Morgan fingerprint density at radius 3 is 2.65 bits per heavy atom. The highest BCUT2D eigenvalue weighted by Gasteiger charge is 2.28. The molecule has 3 aromatic rings. The van der Waals surface area contributed by atoms with Crippen molar-refractivity contribution in [1.82, 2.24) is 9.88 Å².